The molecule has 0 aliphatic carbocycles. The number of hydrogen-bond donors (Lipinski definition) is 0. The Balaban J connectivity index is 1.44. The predicted molar refractivity (Wildman–Crippen MR) is 189 cm³/mol. The summed E-state index contributed by atoms with van der Waals surface area (Å²) in [7, 11) is 0. The van der Waals surface area contributed by atoms with Gasteiger partial charge >= 0.3 is 18.1 Å². The summed E-state index contributed by atoms with van der Waals surface area (Å²) in [5.41, 5.74) is -1.65. The van der Waals surface area contributed by atoms with Crippen molar-refractivity contribution in [3.8, 4) is 6.07 Å². The van der Waals surface area contributed by atoms with Crippen molar-refractivity contribution in [1.82, 2.24) is 14.8 Å². The summed E-state index contributed by atoms with van der Waals surface area (Å²) in [6.45, 7) is 5.01. The van der Waals surface area contributed by atoms with E-state index >= 15 is 4.39 Å². The lowest BCUT2D eigenvalue weighted by atomic mass is 9.89. The average Bonchev–Trinajstić information content (AvgIpc) is 3.66. The Morgan fingerprint density at radius 1 is 1.07 bits per heavy atom. The van der Waals surface area contributed by atoms with Crippen LogP contribution < -0.4 is 0 Å². The zero-order chi connectivity index (χ0) is 39.8. The lowest BCUT2D eigenvalue weighted by Crippen LogP contribution is -2.47. The van der Waals surface area contributed by atoms with Gasteiger partial charge in [0.1, 0.15) is 49.9 Å². The van der Waals surface area contributed by atoms with E-state index < -0.39 is 72.2 Å². The second kappa shape index (κ2) is 20.8. The third-order valence-corrected chi connectivity index (χ3v) is 9.05. The number of thioether (sulfide) groups is 1. The second-order valence-electron chi connectivity index (χ2n) is 11.6. The van der Waals surface area contributed by atoms with Crippen LogP contribution in [0.5, 0.6) is 0 Å². The molecule has 0 amide bonds. The van der Waals surface area contributed by atoms with E-state index in [1.54, 1.807) is 25.2 Å². The Hall–Kier alpha value is -5.48. The molecule has 0 N–H and O–H groups in total. The molecule has 1 aliphatic heterocycles. The molecule has 3 atom stereocenters. The topological polar surface area (TPSA) is 170 Å². The van der Waals surface area contributed by atoms with Crippen LogP contribution in [0.1, 0.15) is 30.5 Å². The quantitative estimate of drug-likeness (QED) is 0.0529. The Kier molecular flexibility index (Phi) is 16.0. The number of aromatic nitrogens is 3. The number of ether oxygens (including phenoxy) is 7. The fraction of sp³-hybridized carbons (Fsp3) is 0.351. The van der Waals surface area contributed by atoms with Crippen molar-refractivity contribution in [2.75, 3.05) is 33.0 Å². The highest BCUT2D eigenvalue weighted by atomic mass is 32.2. The Morgan fingerprint density at radius 2 is 1.84 bits per heavy atom. The summed E-state index contributed by atoms with van der Waals surface area (Å²) in [6.07, 6.45) is 6.59. The molecule has 0 spiro atoms. The van der Waals surface area contributed by atoms with Crippen molar-refractivity contribution in [3.63, 3.8) is 0 Å². The van der Waals surface area contributed by atoms with Crippen molar-refractivity contribution < 1.29 is 60.7 Å². The molecule has 1 fully saturated rings. The van der Waals surface area contributed by atoms with Crippen molar-refractivity contribution in [1.29, 1.82) is 5.26 Å². The smallest absolute Gasteiger partial charge is 0.460 e. The third kappa shape index (κ3) is 12.8. The number of nitriles is 1. The SMILES string of the molecule is C=CCOC(=O)COCC(=O)OC(C)OC(=O)O[C@@](Cn1cncn1)(c1ccc(F)cc1F)[C@@H](C)SC1COC(/C=C/C=C/c2ccc(C#N)cc2F)OC1. The number of allylic oxidation sites excluding steroid dienone is 2. The van der Waals surface area contributed by atoms with Gasteiger partial charge in [-0.05, 0) is 37.3 Å². The van der Waals surface area contributed by atoms with E-state index in [2.05, 4.69) is 16.7 Å². The van der Waals surface area contributed by atoms with Crippen LogP contribution in [0.2, 0.25) is 0 Å². The maximum atomic E-state index is 15.7. The summed E-state index contributed by atoms with van der Waals surface area (Å²) in [4.78, 5) is 41.1. The number of rotatable bonds is 18. The van der Waals surface area contributed by atoms with Crippen LogP contribution in [-0.4, -0.2) is 89.0 Å². The Morgan fingerprint density at radius 3 is 2.51 bits per heavy atom. The predicted octanol–water partition coefficient (Wildman–Crippen LogP) is 5.38. The van der Waals surface area contributed by atoms with Gasteiger partial charge in [-0.3, -0.25) is 0 Å². The standard InChI is InChI=1S/C37H37F3N4O10S/c1-4-13-49-33(45)19-48-20-34(46)52-25(3)53-36(47)54-37(21-44-23-42-22-43-44,30-12-11-28(38)15-32(30)40)24(2)55-29-17-50-35(51-18-29)8-6-5-7-27-10-9-26(16-41)14-31(27)39/h4-12,14-15,22-25,29,35H,1,13,17-21H2,2-3H3/b7-5+,8-6+/t24-,25?,29?,35?,37-/m1/s1. The molecule has 1 saturated heterocycles. The molecule has 4 rings (SSSR count). The van der Waals surface area contributed by atoms with Gasteiger partial charge in [0.25, 0.3) is 0 Å². The van der Waals surface area contributed by atoms with E-state index in [9.17, 15) is 23.2 Å². The van der Waals surface area contributed by atoms with Gasteiger partial charge in [0, 0.05) is 29.4 Å². The molecule has 0 radical (unpaired) electrons. The molecule has 18 heteroatoms. The number of hydrogen-bond acceptors (Lipinski definition) is 14. The summed E-state index contributed by atoms with van der Waals surface area (Å²) in [5.74, 6) is -4.17. The van der Waals surface area contributed by atoms with Crippen molar-refractivity contribution in [3.05, 3.63) is 114 Å². The maximum absolute atomic E-state index is 15.7. The lowest BCUT2D eigenvalue weighted by Gasteiger charge is -2.40. The highest BCUT2D eigenvalue weighted by molar-refractivity contribution is 8.00. The molecular weight excluding hydrogens is 749 g/mol. The van der Waals surface area contributed by atoms with E-state index in [0.717, 1.165) is 18.2 Å². The van der Waals surface area contributed by atoms with Crippen molar-refractivity contribution >= 4 is 35.9 Å². The summed E-state index contributed by atoms with van der Waals surface area (Å²) in [5, 5.41) is 11.8. The minimum absolute atomic E-state index is 0.0379. The van der Waals surface area contributed by atoms with Gasteiger partial charge in [-0.25, -0.2) is 37.2 Å². The fourth-order valence-electron chi connectivity index (χ4n) is 5.09. The van der Waals surface area contributed by atoms with E-state index in [1.807, 2.05) is 6.07 Å². The highest BCUT2D eigenvalue weighted by Gasteiger charge is 2.47. The molecule has 2 aromatic carbocycles. The van der Waals surface area contributed by atoms with E-state index in [-0.39, 0.29) is 42.7 Å². The third-order valence-electron chi connectivity index (χ3n) is 7.61. The molecule has 0 bridgehead atoms. The molecule has 0 saturated carbocycles. The molecule has 1 aliphatic rings. The van der Waals surface area contributed by atoms with Gasteiger partial charge in [0.15, 0.2) is 11.9 Å². The van der Waals surface area contributed by atoms with Gasteiger partial charge < -0.3 is 33.2 Å². The Bertz CT molecular complexity index is 1880. The number of benzene rings is 2. The van der Waals surface area contributed by atoms with Gasteiger partial charge in [-0.15, -0.1) is 11.8 Å². The zero-order valence-corrected chi connectivity index (χ0v) is 30.5. The minimum Gasteiger partial charge on any atom is -0.460 e. The van der Waals surface area contributed by atoms with Crippen LogP contribution in [-0.2, 0) is 54.9 Å². The molecular formula is C37H37F3N4O10S. The van der Waals surface area contributed by atoms with E-state index in [0.29, 0.717) is 11.6 Å². The second-order valence-corrected chi connectivity index (χ2v) is 13.3. The van der Waals surface area contributed by atoms with E-state index in [4.69, 9.17) is 38.4 Å². The number of esters is 2. The summed E-state index contributed by atoms with van der Waals surface area (Å²) in [6, 6.07) is 8.79. The first-order chi connectivity index (χ1) is 26.4. The van der Waals surface area contributed by atoms with Gasteiger partial charge in [0.2, 0.25) is 6.29 Å². The molecule has 2 heterocycles. The van der Waals surface area contributed by atoms with E-state index in [1.165, 1.54) is 60.3 Å². The zero-order valence-electron chi connectivity index (χ0n) is 29.7. The van der Waals surface area contributed by atoms with Crippen molar-refractivity contribution in [2.24, 2.45) is 0 Å². The van der Waals surface area contributed by atoms with Crippen LogP contribution in [0.3, 0.4) is 0 Å². The van der Waals surface area contributed by atoms with Crippen LogP contribution in [0.15, 0.2) is 79.9 Å². The lowest BCUT2D eigenvalue weighted by molar-refractivity contribution is -0.177. The normalized spacial score (nSPS) is 17.8. The largest absolute Gasteiger partial charge is 0.512 e. The molecule has 3 aromatic rings. The summed E-state index contributed by atoms with van der Waals surface area (Å²) >= 11 is 1.22. The van der Waals surface area contributed by atoms with Gasteiger partial charge in [0.05, 0.1) is 36.6 Å². The maximum Gasteiger partial charge on any atom is 0.512 e. The van der Waals surface area contributed by atoms with Crippen LogP contribution >= 0.6 is 11.8 Å². The van der Waals surface area contributed by atoms with Crippen LogP contribution in [0.25, 0.3) is 6.08 Å². The molecule has 55 heavy (non-hydrogen) atoms. The first kappa shape index (κ1) is 42.3. The van der Waals surface area contributed by atoms with Gasteiger partial charge in [-0.1, -0.05) is 36.9 Å². The van der Waals surface area contributed by atoms with Crippen molar-refractivity contribution in [2.45, 2.75) is 49.1 Å². The Labute approximate surface area is 318 Å². The molecule has 14 nitrogen and oxygen atoms in total. The van der Waals surface area contributed by atoms with Gasteiger partial charge in [-0.2, -0.15) is 10.4 Å². The number of carbonyl (C=O) groups is 3. The number of carbonyl (C=O) groups excluding carboxylic acids is 3. The van der Waals surface area contributed by atoms with Crippen LogP contribution in [0.4, 0.5) is 18.0 Å². The monoisotopic (exact) mass is 786 g/mol. The molecule has 1 unspecified atom stereocenters. The summed E-state index contributed by atoms with van der Waals surface area (Å²) < 4.78 is 82.8. The first-order valence-corrected chi connectivity index (χ1v) is 17.5. The number of halogens is 3. The fourth-order valence-corrected chi connectivity index (χ4v) is 6.45. The van der Waals surface area contributed by atoms with Crippen LogP contribution in [0, 0.1) is 28.8 Å². The average molecular weight is 787 g/mol. The first-order valence-electron chi connectivity index (χ1n) is 16.6. The molecule has 1 aromatic heterocycles. The highest BCUT2D eigenvalue weighted by Crippen LogP contribution is 2.42. The molecule has 292 valence electrons. The number of nitrogens with zero attached hydrogens (tertiary/aromatic N) is 4. The minimum atomic E-state index is -1.94.